The van der Waals surface area contributed by atoms with Gasteiger partial charge in [-0.05, 0) is 36.4 Å². The molecule has 2 aromatic carbocycles. The van der Waals surface area contributed by atoms with Crippen LogP contribution in [0.4, 0.5) is 11.4 Å². The van der Waals surface area contributed by atoms with Crippen molar-refractivity contribution in [3.8, 4) is 5.75 Å². The molecule has 0 aliphatic carbocycles. The van der Waals surface area contributed by atoms with E-state index in [0.29, 0.717) is 41.8 Å². The van der Waals surface area contributed by atoms with Crippen LogP contribution in [0.5, 0.6) is 5.75 Å². The summed E-state index contributed by atoms with van der Waals surface area (Å²) < 4.78 is 35.1. The average Bonchev–Trinajstić information content (AvgIpc) is 3.00. The molecule has 216 valence electrons. The maximum atomic E-state index is 11.3. The van der Waals surface area contributed by atoms with E-state index >= 15 is 0 Å². The smallest absolute Gasteiger partial charge is 0.198 e. The van der Waals surface area contributed by atoms with Crippen LogP contribution in [0.2, 0.25) is 0 Å². The van der Waals surface area contributed by atoms with Crippen LogP contribution >= 0.6 is 0 Å². The first-order chi connectivity index (χ1) is 20.2. The van der Waals surface area contributed by atoms with Gasteiger partial charge < -0.3 is 52.9 Å². The minimum atomic E-state index is -1.17. The van der Waals surface area contributed by atoms with Crippen molar-refractivity contribution in [2.24, 2.45) is 0 Å². The molecule has 2 heterocycles. The zero-order valence-electron chi connectivity index (χ0n) is 22.0. The van der Waals surface area contributed by atoms with Crippen LogP contribution < -0.4 is 10.1 Å². The zero-order valence-corrected chi connectivity index (χ0v) is 22.0. The Labute approximate surface area is 235 Å². The molecule has 1 aliphatic heterocycles. The summed E-state index contributed by atoms with van der Waals surface area (Å²) in [6.07, 6.45) is -1.28. The van der Waals surface area contributed by atoms with Crippen LogP contribution in [0.15, 0.2) is 60.8 Å². The molecule has 2 unspecified atom stereocenters. The van der Waals surface area contributed by atoms with Gasteiger partial charge in [0, 0.05) is 23.0 Å². The maximum Gasteiger partial charge on any atom is 0.198 e. The van der Waals surface area contributed by atoms with E-state index in [-0.39, 0.29) is 33.0 Å². The number of aldehydes is 4. The molecule has 0 bridgehead atoms. The number of para-hydroxylation sites is 1. The number of ether oxygens (including phenoxy) is 6. The molecule has 41 heavy (non-hydrogen) atoms. The van der Waals surface area contributed by atoms with E-state index in [0.717, 1.165) is 11.4 Å². The van der Waals surface area contributed by atoms with Crippen molar-refractivity contribution in [2.45, 2.75) is 30.7 Å². The average molecular weight is 567 g/mol. The van der Waals surface area contributed by atoms with Crippen molar-refractivity contribution in [1.29, 1.82) is 0 Å². The maximum absolute atomic E-state index is 11.3. The van der Waals surface area contributed by atoms with Crippen molar-refractivity contribution in [3.05, 3.63) is 60.8 Å². The van der Waals surface area contributed by atoms with Crippen LogP contribution in [0.25, 0.3) is 10.9 Å². The molecule has 0 radical (unpaired) electrons. The van der Waals surface area contributed by atoms with Crippen LogP contribution in [0, 0.1) is 0 Å². The summed E-state index contributed by atoms with van der Waals surface area (Å²) in [7, 11) is 0. The molecule has 0 spiro atoms. The Bertz CT molecular complexity index is 1290. The van der Waals surface area contributed by atoms with E-state index < -0.39 is 30.7 Å². The highest BCUT2D eigenvalue weighted by Gasteiger charge is 2.50. The van der Waals surface area contributed by atoms with Gasteiger partial charge in [0.25, 0.3) is 0 Å². The van der Waals surface area contributed by atoms with Gasteiger partial charge in [0.05, 0.1) is 12.1 Å². The van der Waals surface area contributed by atoms with E-state index in [9.17, 15) is 19.2 Å². The van der Waals surface area contributed by atoms with Gasteiger partial charge in [-0.1, -0.05) is 18.2 Å². The molecular weight excluding hydrogens is 536 g/mol. The highest BCUT2D eigenvalue weighted by Crippen LogP contribution is 2.34. The van der Waals surface area contributed by atoms with Crippen molar-refractivity contribution in [1.82, 2.24) is 4.98 Å². The highest BCUT2D eigenvalue weighted by atomic mass is 16.7. The van der Waals surface area contributed by atoms with E-state index in [1.165, 1.54) is 0 Å². The van der Waals surface area contributed by atoms with Crippen LogP contribution in [-0.4, -0.2) is 93.9 Å². The molecule has 5 atom stereocenters. The Hall–Kier alpha value is -4.07. The minimum absolute atomic E-state index is 0.121. The fraction of sp³-hybridized carbons (Fsp3) is 0.345. The number of hydrogen-bond acceptors (Lipinski definition) is 12. The summed E-state index contributed by atoms with van der Waals surface area (Å²) >= 11 is 0. The largest absolute Gasteiger partial charge is 0.481 e. The normalized spacial score (nSPS) is 22.1. The second-order valence-corrected chi connectivity index (χ2v) is 8.79. The van der Waals surface area contributed by atoms with Gasteiger partial charge in [-0.2, -0.15) is 0 Å². The number of carbonyl (C=O) groups is 4. The number of hydrogen-bond donors (Lipinski definition) is 1. The number of nitrogens with one attached hydrogen (secondary N) is 1. The molecule has 1 aliphatic rings. The third kappa shape index (κ3) is 7.99. The molecule has 1 saturated heterocycles. The molecule has 12 nitrogen and oxygen atoms in total. The van der Waals surface area contributed by atoms with Gasteiger partial charge in [-0.3, -0.25) is 4.98 Å². The standard InChI is InChI=1S/C29H30N2O10/c32-10-14-36-19-25-26(37-15-11-33)27(38-16-12-34)28(29(41-25)39-17-13-35)40-24-8-9-30-23-7-6-21(18-22(23)24)31-20-4-2-1-3-5-20/h1-13,18,25-29,31H,14-17,19H2/t25?,26-,27?,28-,29+/m1/s1. The quantitative estimate of drug-likeness (QED) is 0.188. The monoisotopic (exact) mass is 566 g/mol. The molecule has 12 heteroatoms. The molecular formula is C29H30N2O10. The first-order valence-electron chi connectivity index (χ1n) is 12.9. The SMILES string of the molecule is O=CCOCC1O[C@H](OCC=O)[C@H](Oc2ccnc3ccc(Nc4ccccc4)cc23)C(OCC=O)[C@@H]1OCC=O. The summed E-state index contributed by atoms with van der Waals surface area (Å²) in [6, 6.07) is 16.9. The fourth-order valence-electron chi connectivity index (χ4n) is 4.47. The van der Waals surface area contributed by atoms with Crippen molar-refractivity contribution in [2.75, 3.05) is 38.4 Å². The number of fused-ring (bicyclic) bond motifs is 1. The van der Waals surface area contributed by atoms with Gasteiger partial charge >= 0.3 is 0 Å². The van der Waals surface area contributed by atoms with Crippen LogP contribution in [-0.2, 0) is 42.9 Å². The Morgan fingerprint density at radius 3 is 2.20 bits per heavy atom. The third-order valence-corrected chi connectivity index (χ3v) is 6.13. The Morgan fingerprint density at radius 2 is 1.46 bits per heavy atom. The molecule has 1 aromatic heterocycles. The van der Waals surface area contributed by atoms with Crippen molar-refractivity contribution in [3.63, 3.8) is 0 Å². The Kier molecular flexibility index (Phi) is 11.4. The summed E-state index contributed by atoms with van der Waals surface area (Å²) in [5, 5.41) is 3.99. The molecule has 0 amide bonds. The lowest BCUT2D eigenvalue weighted by atomic mass is 9.98. The Morgan fingerprint density at radius 1 is 0.756 bits per heavy atom. The van der Waals surface area contributed by atoms with Crippen molar-refractivity contribution >= 4 is 47.4 Å². The van der Waals surface area contributed by atoms with E-state index in [4.69, 9.17) is 28.4 Å². The van der Waals surface area contributed by atoms with Crippen LogP contribution in [0.1, 0.15) is 0 Å². The summed E-state index contributed by atoms with van der Waals surface area (Å²) in [5.41, 5.74) is 2.31. The molecule has 1 fully saturated rings. The predicted octanol–water partition coefficient (Wildman–Crippen LogP) is 2.05. The number of pyridine rings is 1. The number of benzene rings is 2. The van der Waals surface area contributed by atoms with Gasteiger partial charge in [0.1, 0.15) is 75.6 Å². The number of aromatic nitrogens is 1. The molecule has 0 saturated carbocycles. The number of carbonyl (C=O) groups excluding carboxylic acids is 4. The molecule has 1 N–H and O–H groups in total. The van der Waals surface area contributed by atoms with Crippen LogP contribution in [0.3, 0.4) is 0 Å². The first kappa shape index (κ1) is 29.9. The summed E-state index contributed by atoms with van der Waals surface area (Å²) in [4.78, 5) is 48.9. The predicted molar refractivity (Wildman–Crippen MR) is 145 cm³/mol. The van der Waals surface area contributed by atoms with Gasteiger partial charge in [-0.25, -0.2) is 0 Å². The molecule has 4 rings (SSSR count). The van der Waals surface area contributed by atoms with Gasteiger partial charge in [-0.15, -0.1) is 0 Å². The van der Waals surface area contributed by atoms with E-state index in [2.05, 4.69) is 10.3 Å². The molecule has 3 aromatic rings. The third-order valence-electron chi connectivity index (χ3n) is 6.13. The lowest BCUT2D eigenvalue weighted by Gasteiger charge is -2.45. The lowest BCUT2D eigenvalue weighted by Crippen LogP contribution is -2.63. The van der Waals surface area contributed by atoms with E-state index in [1.54, 1.807) is 12.3 Å². The van der Waals surface area contributed by atoms with Gasteiger partial charge in [0.2, 0.25) is 0 Å². The fourth-order valence-corrected chi connectivity index (χ4v) is 4.47. The summed E-state index contributed by atoms with van der Waals surface area (Å²) in [5.74, 6) is 0.393. The van der Waals surface area contributed by atoms with Crippen molar-refractivity contribution < 1.29 is 47.6 Å². The second kappa shape index (κ2) is 15.6. The summed E-state index contributed by atoms with van der Waals surface area (Å²) in [6.45, 7) is -1.28. The zero-order chi connectivity index (χ0) is 28.9. The minimum Gasteiger partial charge on any atom is -0.481 e. The number of anilines is 2. The van der Waals surface area contributed by atoms with Gasteiger partial charge in [0.15, 0.2) is 12.4 Å². The Balaban J connectivity index is 1.70. The first-order valence-corrected chi connectivity index (χ1v) is 12.9. The highest BCUT2D eigenvalue weighted by molar-refractivity contribution is 5.88. The number of nitrogens with zero attached hydrogens (tertiary/aromatic N) is 1. The number of rotatable bonds is 17. The topological polar surface area (TPSA) is 149 Å². The second-order valence-electron chi connectivity index (χ2n) is 8.79. The van der Waals surface area contributed by atoms with E-state index in [1.807, 2.05) is 48.5 Å². The lowest BCUT2D eigenvalue weighted by molar-refractivity contribution is -0.305.